The Bertz CT molecular complexity index is 657. The summed E-state index contributed by atoms with van der Waals surface area (Å²) in [6.45, 7) is 4.62. The molecule has 0 bridgehead atoms. The summed E-state index contributed by atoms with van der Waals surface area (Å²) in [6.07, 6.45) is 11.3. The number of rotatable bonds is 0. The van der Waals surface area contributed by atoms with Crippen LogP contribution in [0.15, 0.2) is 23.8 Å². The Labute approximate surface area is 132 Å². The molecule has 0 amide bonds. The molecular weight excluding hydrogens is 272 g/mol. The SMILES string of the molecule is C[C@]12CCC(=O)C=C1[C@@H]1C[C@@H]1C1[C@@H]2CC[C@]2(C)C(=O)C=C[C@@H]12. The third-order valence-corrected chi connectivity index (χ3v) is 8.03. The zero-order valence-electron chi connectivity index (χ0n) is 13.5. The zero-order chi connectivity index (χ0) is 15.3. The highest BCUT2D eigenvalue weighted by atomic mass is 16.1. The first kappa shape index (κ1) is 13.3. The molecule has 5 aliphatic carbocycles. The fourth-order valence-electron chi connectivity index (χ4n) is 6.67. The quantitative estimate of drug-likeness (QED) is 0.683. The van der Waals surface area contributed by atoms with Gasteiger partial charge in [-0.25, -0.2) is 0 Å². The Hall–Kier alpha value is -1.18. The molecule has 0 heterocycles. The maximum Gasteiger partial charge on any atom is 0.161 e. The predicted molar refractivity (Wildman–Crippen MR) is 84.0 cm³/mol. The summed E-state index contributed by atoms with van der Waals surface area (Å²) in [5.41, 5.74) is 1.57. The van der Waals surface area contributed by atoms with Crippen LogP contribution >= 0.6 is 0 Å². The van der Waals surface area contributed by atoms with Crippen molar-refractivity contribution in [2.24, 2.45) is 40.4 Å². The molecule has 116 valence electrons. The highest BCUT2D eigenvalue weighted by Crippen LogP contribution is 2.72. The van der Waals surface area contributed by atoms with E-state index in [2.05, 4.69) is 19.9 Å². The minimum Gasteiger partial charge on any atom is -0.295 e. The van der Waals surface area contributed by atoms with Crippen LogP contribution in [0, 0.1) is 40.4 Å². The van der Waals surface area contributed by atoms with Crippen molar-refractivity contribution < 1.29 is 9.59 Å². The van der Waals surface area contributed by atoms with Crippen LogP contribution in [-0.4, -0.2) is 11.6 Å². The first-order valence-electron chi connectivity index (χ1n) is 8.93. The van der Waals surface area contributed by atoms with E-state index < -0.39 is 0 Å². The van der Waals surface area contributed by atoms with Gasteiger partial charge in [-0.05, 0) is 72.8 Å². The molecule has 0 aromatic carbocycles. The van der Waals surface area contributed by atoms with Gasteiger partial charge in [-0.3, -0.25) is 9.59 Å². The van der Waals surface area contributed by atoms with E-state index in [1.54, 1.807) is 0 Å². The van der Waals surface area contributed by atoms with Crippen LogP contribution in [0.25, 0.3) is 0 Å². The molecule has 2 heteroatoms. The summed E-state index contributed by atoms with van der Waals surface area (Å²) >= 11 is 0. The Balaban J connectivity index is 1.61. The molecule has 5 aliphatic rings. The van der Waals surface area contributed by atoms with Gasteiger partial charge in [0.05, 0.1) is 0 Å². The molecule has 0 N–H and O–H groups in total. The standard InChI is InChI=1S/C20H24O2/c1-19-7-5-11(21)9-16(19)12-10-13(12)18-14-3-4-17(22)20(14,2)8-6-15(18)19/h3-4,9,12-15,18H,5-8,10H2,1-2H3/t12-,13+,14+,15+,18?,19-,20+/m1/s1. The second-order valence-electron chi connectivity index (χ2n) is 8.88. The molecule has 0 aromatic heterocycles. The second kappa shape index (κ2) is 3.83. The van der Waals surface area contributed by atoms with Crippen LogP contribution in [0.4, 0.5) is 0 Å². The molecule has 1 unspecified atom stereocenters. The van der Waals surface area contributed by atoms with Gasteiger partial charge in [-0.15, -0.1) is 0 Å². The Kier molecular flexibility index (Phi) is 2.31. The van der Waals surface area contributed by atoms with Crippen molar-refractivity contribution in [3.05, 3.63) is 23.8 Å². The van der Waals surface area contributed by atoms with E-state index in [4.69, 9.17) is 0 Å². The van der Waals surface area contributed by atoms with Crippen LogP contribution in [0.3, 0.4) is 0 Å². The lowest BCUT2D eigenvalue weighted by molar-refractivity contribution is -0.130. The molecule has 2 nitrogen and oxygen atoms in total. The normalized spacial score (nSPS) is 55.0. The highest BCUT2D eigenvalue weighted by molar-refractivity contribution is 5.97. The maximum absolute atomic E-state index is 12.4. The fourth-order valence-corrected chi connectivity index (χ4v) is 6.67. The minimum atomic E-state index is -0.129. The van der Waals surface area contributed by atoms with Crippen molar-refractivity contribution in [2.45, 2.75) is 46.0 Å². The topological polar surface area (TPSA) is 34.1 Å². The van der Waals surface area contributed by atoms with Gasteiger partial charge in [0.15, 0.2) is 11.6 Å². The van der Waals surface area contributed by atoms with E-state index in [-0.39, 0.29) is 10.8 Å². The second-order valence-corrected chi connectivity index (χ2v) is 8.88. The number of ketones is 2. The van der Waals surface area contributed by atoms with E-state index in [1.165, 1.54) is 12.0 Å². The summed E-state index contributed by atoms with van der Waals surface area (Å²) in [6, 6.07) is 0. The zero-order valence-corrected chi connectivity index (χ0v) is 13.5. The van der Waals surface area contributed by atoms with Crippen LogP contribution < -0.4 is 0 Å². The van der Waals surface area contributed by atoms with Gasteiger partial charge in [-0.1, -0.05) is 25.5 Å². The van der Waals surface area contributed by atoms with E-state index in [1.807, 2.05) is 12.2 Å². The molecule has 3 saturated carbocycles. The van der Waals surface area contributed by atoms with Crippen molar-refractivity contribution >= 4 is 11.6 Å². The lowest BCUT2D eigenvalue weighted by Crippen LogP contribution is -2.51. The van der Waals surface area contributed by atoms with E-state index in [0.717, 1.165) is 31.6 Å². The number of hydrogen-bond donors (Lipinski definition) is 0. The van der Waals surface area contributed by atoms with Crippen molar-refractivity contribution in [1.29, 1.82) is 0 Å². The van der Waals surface area contributed by atoms with Gasteiger partial charge >= 0.3 is 0 Å². The molecule has 5 rings (SSSR count). The Morgan fingerprint density at radius 1 is 1.14 bits per heavy atom. The van der Waals surface area contributed by atoms with Gasteiger partial charge in [0.2, 0.25) is 0 Å². The lowest BCUT2D eigenvalue weighted by Gasteiger charge is -2.56. The first-order valence-corrected chi connectivity index (χ1v) is 8.93. The van der Waals surface area contributed by atoms with E-state index >= 15 is 0 Å². The van der Waals surface area contributed by atoms with Crippen LogP contribution in [0.2, 0.25) is 0 Å². The molecule has 3 fully saturated rings. The largest absolute Gasteiger partial charge is 0.295 e. The molecule has 0 spiro atoms. The molecule has 0 radical (unpaired) electrons. The first-order chi connectivity index (χ1) is 10.4. The minimum absolute atomic E-state index is 0.129. The van der Waals surface area contributed by atoms with Gasteiger partial charge in [0, 0.05) is 11.8 Å². The molecule has 22 heavy (non-hydrogen) atoms. The van der Waals surface area contributed by atoms with E-state index in [9.17, 15) is 9.59 Å². The van der Waals surface area contributed by atoms with Crippen LogP contribution in [0.5, 0.6) is 0 Å². The average Bonchev–Trinajstić information content (AvgIpc) is 3.22. The smallest absolute Gasteiger partial charge is 0.161 e. The summed E-state index contributed by atoms with van der Waals surface area (Å²) in [4.78, 5) is 24.3. The lowest BCUT2D eigenvalue weighted by atomic mass is 9.47. The van der Waals surface area contributed by atoms with E-state index in [0.29, 0.717) is 35.2 Å². The van der Waals surface area contributed by atoms with Crippen molar-refractivity contribution in [3.8, 4) is 0 Å². The summed E-state index contributed by atoms with van der Waals surface area (Å²) < 4.78 is 0. The van der Waals surface area contributed by atoms with Gasteiger partial charge in [0.1, 0.15) is 0 Å². The summed E-state index contributed by atoms with van der Waals surface area (Å²) in [5, 5.41) is 0. The van der Waals surface area contributed by atoms with Gasteiger partial charge < -0.3 is 0 Å². The maximum atomic E-state index is 12.4. The van der Waals surface area contributed by atoms with Crippen LogP contribution in [-0.2, 0) is 9.59 Å². The van der Waals surface area contributed by atoms with Crippen LogP contribution in [0.1, 0.15) is 46.0 Å². The monoisotopic (exact) mass is 296 g/mol. The van der Waals surface area contributed by atoms with Crippen molar-refractivity contribution in [2.75, 3.05) is 0 Å². The molecule has 0 aromatic rings. The number of fused-ring (bicyclic) bond motifs is 8. The Morgan fingerprint density at radius 2 is 1.95 bits per heavy atom. The molecule has 0 saturated heterocycles. The van der Waals surface area contributed by atoms with Crippen molar-refractivity contribution in [1.82, 2.24) is 0 Å². The number of allylic oxidation sites excluding steroid dienone is 4. The third-order valence-electron chi connectivity index (χ3n) is 8.03. The molecule has 7 atom stereocenters. The predicted octanol–water partition coefficient (Wildman–Crippen LogP) is 3.72. The molecular formula is C20H24O2. The molecule has 0 aliphatic heterocycles. The highest BCUT2D eigenvalue weighted by Gasteiger charge is 2.66. The number of carbonyl (C=O) groups is 2. The Morgan fingerprint density at radius 3 is 2.77 bits per heavy atom. The van der Waals surface area contributed by atoms with Crippen molar-refractivity contribution in [3.63, 3.8) is 0 Å². The summed E-state index contributed by atoms with van der Waals surface area (Å²) in [5.74, 6) is 3.86. The average molecular weight is 296 g/mol. The van der Waals surface area contributed by atoms with Gasteiger partial charge in [-0.2, -0.15) is 0 Å². The fraction of sp³-hybridized carbons (Fsp3) is 0.700. The third kappa shape index (κ3) is 1.38. The number of carbonyl (C=O) groups excluding carboxylic acids is 2. The summed E-state index contributed by atoms with van der Waals surface area (Å²) in [7, 11) is 0. The number of hydrogen-bond acceptors (Lipinski definition) is 2. The van der Waals surface area contributed by atoms with Gasteiger partial charge in [0.25, 0.3) is 0 Å².